The zero-order valence-electron chi connectivity index (χ0n) is 18.6. The van der Waals surface area contributed by atoms with Crippen LogP contribution in [0.4, 0.5) is 0 Å². The van der Waals surface area contributed by atoms with E-state index < -0.39 is 0 Å². The molecule has 1 spiro atoms. The molecule has 2 aromatic heterocycles. The molecule has 5 rings (SSSR count). The first-order valence-electron chi connectivity index (χ1n) is 10.9. The van der Waals surface area contributed by atoms with Gasteiger partial charge in [-0.15, -0.1) is 0 Å². The van der Waals surface area contributed by atoms with Crippen LogP contribution in [0.1, 0.15) is 52.6 Å². The van der Waals surface area contributed by atoms with Gasteiger partial charge < -0.3 is 15.0 Å². The van der Waals surface area contributed by atoms with Gasteiger partial charge in [0.15, 0.2) is 5.65 Å². The topological polar surface area (TPSA) is 72.3 Å². The van der Waals surface area contributed by atoms with Crippen molar-refractivity contribution in [3.8, 4) is 5.75 Å². The second-order valence-electron chi connectivity index (χ2n) is 9.06. The Hall–Kier alpha value is -2.93. The fourth-order valence-corrected chi connectivity index (χ4v) is 4.98. The molecule has 1 aromatic carbocycles. The molecule has 7 heteroatoms. The maximum absolute atomic E-state index is 13.4. The van der Waals surface area contributed by atoms with E-state index in [1.54, 1.807) is 4.68 Å². The summed E-state index contributed by atoms with van der Waals surface area (Å²) < 4.78 is 8.29. The fraction of sp³-hybridized carbons (Fsp3) is 0.458. The first kappa shape index (κ1) is 20.0. The number of nitrogens with one attached hydrogen (secondary N) is 1. The Morgan fingerprint density at radius 3 is 2.68 bits per heavy atom. The smallest absolute Gasteiger partial charge is 0.253 e. The molecule has 1 unspecified atom stereocenters. The molecule has 2 aliphatic heterocycles. The van der Waals surface area contributed by atoms with E-state index in [9.17, 15) is 4.79 Å². The van der Waals surface area contributed by atoms with Crippen LogP contribution in [0.5, 0.6) is 5.75 Å². The zero-order valence-corrected chi connectivity index (χ0v) is 18.6. The summed E-state index contributed by atoms with van der Waals surface area (Å²) in [4.78, 5) is 20.4. The normalized spacial score (nSPS) is 20.5. The second-order valence-corrected chi connectivity index (χ2v) is 9.06. The van der Waals surface area contributed by atoms with Gasteiger partial charge in [0.05, 0.1) is 23.0 Å². The molecular formula is C24H29N5O2. The summed E-state index contributed by atoms with van der Waals surface area (Å²) in [5, 5.41) is 8.66. The standard InChI is InChI=1S/C24H29N5O2/c1-15-19(13-18-16(2)27-29(4)22(18)25-15)23(30)26-20-14-24(9-11-28(3)12-10-24)31-21-8-6-5-7-17(20)21/h5-8,13,20H,9-12,14H2,1-4H3,(H,26,30). The number of aryl methyl sites for hydroxylation is 3. The number of amides is 1. The lowest BCUT2D eigenvalue weighted by Crippen LogP contribution is -2.51. The number of ether oxygens (including phenoxy) is 1. The molecule has 31 heavy (non-hydrogen) atoms. The van der Waals surface area contributed by atoms with E-state index in [0.29, 0.717) is 11.3 Å². The minimum atomic E-state index is -0.226. The van der Waals surface area contributed by atoms with Crippen LogP contribution in [0.3, 0.4) is 0 Å². The maximum atomic E-state index is 13.4. The van der Waals surface area contributed by atoms with E-state index in [2.05, 4.69) is 33.4 Å². The lowest BCUT2D eigenvalue weighted by molar-refractivity contribution is -0.0195. The van der Waals surface area contributed by atoms with Gasteiger partial charge in [0.1, 0.15) is 11.4 Å². The van der Waals surface area contributed by atoms with Gasteiger partial charge in [-0.05, 0) is 45.9 Å². The molecule has 7 nitrogen and oxygen atoms in total. The van der Waals surface area contributed by atoms with Gasteiger partial charge in [0, 0.05) is 37.5 Å². The molecule has 1 atom stereocenters. The van der Waals surface area contributed by atoms with Gasteiger partial charge in [0.2, 0.25) is 0 Å². The molecule has 0 bridgehead atoms. The van der Waals surface area contributed by atoms with Crippen LogP contribution in [-0.4, -0.2) is 51.3 Å². The third-order valence-electron chi connectivity index (χ3n) is 6.83. The SMILES string of the molecule is Cc1nc2c(cc1C(=O)NC1CC3(CCN(C)CC3)Oc3ccccc31)c(C)nn2C. The number of pyridine rings is 1. The van der Waals surface area contributed by atoms with Crippen molar-refractivity contribution in [2.75, 3.05) is 20.1 Å². The van der Waals surface area contributed by atoms with Gasteiger partial charge >= 0.3 is 0 Å². The van der Waals surface area contributed by atoms with Crippen LogP contribution in [0.25, 0.3) is 11.0 Å². The zero-order chi connectivity index (χ0) is 21.8. The van der Waals surface area contributed by atoms with Crippen molar-refractivity contribution in [2.24, 2.45) is 7.05 Å². The number of piperidine rings is 1. The average Bonchev–Trinajstić information content (AvgIpc) is 3.02. The van der Waals surface area contributed by atoms with Crippen molar-refractivity contribution in [2.45, 2.75) is 44.8 Å². The Balaban J connectivity index is 1.47. The molecule has 1 amide bonds. The van der Waals surface area contributed by atoms with Crippen molar-refractivity contribution in [3.63, 3.8) is 0 Å². The summed E-state index contributed by atoms with van der Waals surface area (Å²) in [5.74, 6) is 0.789. The summed E-state index contributed by atoms with van der Waals surface area (Å²) in [7, 11) is 4.02. The van der Waals surface area contributed by atoms with E-state index in [-0.39, 0.29) is 17.6 Å². The number of para-hydroxylation sites is 1. The number of hydrogen-bond acceptors (Lipinski definition) is 5. The average molecular weight is 420 g/mol. The number of carbonyl (C=O) groups excluding carboxylic acids is 1. The Kier molecular flexibility index (Phi) is 4.73. The van der Waals surface area contributed by atoms with Crippen molar-refractivity contribution in [1.29, 1.82) is 0 Å². The van der Waals surface area contributed by atoms with E-state index in [1.807, 2.05) is 45.2 Å². The van der Waals surface area contributed by atoms with Gasteiger partial charge in [-0.2, -0.15) is 5.10 Å². The minimum absolute atomic E-state index is 0.0917. The predicted octanol–water partition coefficient (Wildman–Crippen LogP) is 3.30. The predicted molar refractivity (Wildman–Crippen MR) is 119 cm³/mol. The van der Waals surface area contributed by atoms with Crippen molar-refractivity contribution in [1.82, 2.24) is 25.0 Å². The van der Waals surface area contributed by atoms with E-state index in [1.165, 1.54) is 0 Å². The maximum Gasteiger partial charge on any atom is 0.253 e. The second kappa shape index (κ2) is 7.34. The highest BCUT2D eigenvalue weighted by Crippen LogP contribution is 2.44. The number of fused-ring (bicyclic) bond motifs is 2. The quantitative estimate of drug-likeness (QED) is 0.690. The van der Waals surface area contributed by atoms with Gasteiger partial charge in [-0.25, -0.2) is 4.98 Å². The molecule has 2 aliphatic rings. The molecule has 0 radical (unpaired) electrons. The fourth-order valence-electron chi connectivity index (χ4n) is 4.98. The number of likely N-dealkylation sites (tertiary alicyclic amines) is 1. The highest BCUT2D eigenvalue weighted by Gasteiger charge is 2.43. The Labute approximate surface area is 182 Å². The van der Waals surface area contributed by atoms with Crippen LogP contribution >= 0.6 is 0 Å². The number of benzene rings is 1. The van der Waals surface area contributed by atoms with Crippen LogP contribution < -0.4 is 10.1 Å². The molecule has 1 saturated heterocycles. The number of carbonyl (C=O) groups is 1. The highest BCUT2D eigenvalue weighted by atomic mass is 16.5. The van der Waals surface area contributed by atoms with Crippen LogP contribution in [0.15, 0.2) is 30.3 Å². The van der Waals surface area contributed by atoms with Crippen molar-refractivity contribution < 1.29 is 9.53 Å². The van der Waals surface area contributed by atoms with Gasteiger partial charge in [-0.3, -0.25) is 9.48 Å². The summed E-state index contributed by atoms with van der Waals surface area (Å²) in [6.07, 6.45) is 2.71. The number of hydrogen-bond donors (Lipinski definition) is 1. The van der Waals surface area contributed by atoms with Crippen molar-refractivity contribution in [3.05, 3.63) is 52.8 Å². The first-order valence-corrected chi connectivity index (χ1v) is 10.9. The molecule has 1 N–H and O–H groups in total. The van der Waals surface area contributed by atoms with Gasteiger partial charge in [-0.1, -0.05) is 18.2 Å². The number of nitrogens with zero attached hydrogens (tertiary/aromatic N) is 4. The summed E-state index contributed by atoms with van der Waals surface area (Å²) in [6.45, 7) is 5.83. The van der Waals surface area contributed by atoms with Gasteiger partial charge in [0.25, 0.3) is 5.91 Å². The van der Waals surface area contributed by atoms with E-state index in [0.717, 1.165) is 60.4 Å². The molecule has 0 saturated carbocycles. The van der Waals surface area contributed by atoms with E-state index >= 15 is 0 Å². The number of rotatable bonds is 2. The third kappa shape index (κ3) is 3.47. The summed E-state index contributed by atoms with van der Waals surface area (Å²) in [6, 6.07) is 9.91. The van der Waals surface area contributed by atoms with Crippen LogP contribution in [-0.2, 0) is 7.05 Å². The molecule has 3 aromatic rings. The largest absolute Gasteiger partial charge is 0.487 e. The minimum Gasteiger partial charge on any atom is -0.487 e. The lowest BCUT2D eigenvalue weighted by Gasteiger charge is -2.46. The molecule has 0 aliphatic carbocycles. The summed E-state index contributed by atoms with van der Waals surface area (Å²) in [5.41, 5.74) is 3.81. The van der Waals surface area contributed by atoms with Crippen LogP contribution in [0, 0.1) is 13.8 Å². The lowest BCUT2D eigenvalue weighted by atomic mass is 9.80. The summed E-state index contributed by atoms with van der Waals surface area (Å²) >= 11 is 0. The van der Waals surface area contributed by atoms with E-state index in [4.69, 9.17) is 4.74 Å². The Morgan fingerprint density at radius 1 is 1.16 bits per heavy atom. The Bertz CT molecular complexity index is 1160. The first-order chi connectivity index (χ1) is 14.8. The molecule has 162 valence electrons. The highest BCUT2D eigenvalue weighted by molar-refractivity contribution is 5.99. The third-order valence-corrected chi connectivity index (χ3v) is 6.83. The monoisotopic (exact) mass is 419 g/mol. The molecule has 4 heterocycles. The molecule has 1 fully saturated rings. The Morgan fingerprint density at radius 2 is 1.90 bits per heavy atom. The van der Waals surface area contributed by atoms with Crippen molar-refractivity contribution >= 4 is 16.9 Å². The van der Waals surface area contributed by atoms with Crippen LogP contribution in [0.2, 0.25) is 0 Å². The molecular weight excluding hydrogens is 390 g/mol. The number of aromatic nitrogens is 3.